The molecule has 0 atom stereocenters. The van der Waals surface area contributed by atoms with E-state index in [-0.39, 0.29) is 23.0 Å². The predicted molar refractivity (Wildman–Crippen MR) is 135 cm³/mol. The highest BCUT2D eigenvalue weighted by molar-refractivity contribution is 6.10. The van der Waals surface area contributed by atoms with Gasteiger partial charge in [0.1, 0.15) is 0 Å². The third-order valence-electron chi connectivity index (χ3n) is 5.66. The van der Waals surface area contributed by atoms with Gasteiger partial charge in [-0.05, 0) is 47.4 Å². The number of anilines is 1. The molecule has 3 N–H and O–H groups in total. The van der Waals surface area contributed by atoms with Crippen molar-refractivity contribution in [2.75, 3.05) is 11.9 Å². The molecule has 178 valence electrons. The fraction of sp³-hybridized carbons (Fsp3) is 0.185. The van der Waals surface area contributed by atoms with Crippen molar-refractivity contribution in [2.24, 2.45) is 13.0 Å². The number of carboxylic acid groups (broad SMARTS) is 1. The molecule has 0 aliphatic carbocycles. The van der Waals surface area contributed by atoms with Crippen LogP contribution in [0.25, 0.3) is 22.2 Å². The lowest BCUT2D eigenvalue weighted by atomic mass is 9.93. The number of hydrogen-bond donors (Lipinski definition) is 3. The first-order valence-electron chi connectivity index (χ1n) is 11.2. The summed E-state index contributed by atoms with van der Waals surface area (Å²) < 4.78 is 1.78. The van der Waals surface area contributed by atoms with Crippen molar-refractivity contribution >= 4 is 34.8 Å². The molecule has 0 saturated carbocycles. The minimum Gasteiger partial charge on any atom is -0.478 e. The number of imidazole rings is 1. The predicted octanol–water partition coefficient (Wildman–Crippen LogP) is 4.58. The second kappa shape index (κ2) is 9.80. The van der Waals surface area contributed by atoms with E-state index in [1.807, 2.05) is 45.2 Å². The molecule has 2 amide bonds. The van der Waals surface area contributed by atoms with Crippen LogP contribution in [-0.2, 0) is 7.05 Å². The molecule has 4 rings (SSSR count). The van der Waals surface area contributed by atoms with Crippen LogP contribution in [0.1, 0.15) is 44.9 Å². The summed E-state index contributed by atoms with van der Waals surface area (Å²) in [6.07, 6.45) is 0. The number of amides is 2. The number of carbonyl (C=O) groups is 3. The van der Waals surface area contributed by atoms with E-state index in [0.29, 0.717) is 29.2 Å². The second-order valence-electron chi connectivity index (χ2n) is 8.65. The molecule has 0 bridgehead atoms. The van der Waals surface area contributed by atoms with Crippen molar-refractivity contribution in [3.8, 4) is 11.1 Å². The number of aryl methyl sites for hydroxylation is 1. The van der Waals surface area contributed by atoms with Gasteiger partial charge in [0, 0.05) is 24.7 Å². The molecule has 3 aromatic carbocycles. The van der Waals surface area contributed by atoms with E-state index in [1.165, 1.54) is 6.07 Å². The topological polar surface area (TPSA) is 113 Å². The number of carboxylic acids is 1. The van der Waals surface area contributed by atoms with Gasteiger partial charge in [0.2, 0.25) is 5.95 Å². The van der Waals surface area contributed by atoms with Gasteiger partial charge in [-0.3, -0.25) is 14.9 Å². The Kier molecular flexibility index (Phi) is 6.64. The largest absolute Gasteiger partial charge is 0.478 e. The van der Waals surface area contributed by atoms with Crippen LogP contribution in [0.15, 0.2) is 66.7 Å². The fourth-order valence-electron chi connectivity index (χ4n) is 3.84. The van der Waals surface area contributed by atoms with Gasteiger partial charge in [0.05, 0.1) is 16.6 Å². The standard InChI is InChI=1S/C27H26N4O4/c1-16(2)15-28-24(32)17-12-13-19(21(14-17)26(34)35)18-8-4-5-9-20(18)25(33)30-27-29-22-10-6-7-11-23(22)31(27)3/h4-14,16H,15H2,1-3H3,(H,28,32)(H,34,35)(H,29,30,33). The summed E-state index contributed by atoms with van der Waals surface area (Å²) >= 11 is 0. The first-order valence-corrected chi connectivity index (χ1v) is 11.2. The van der Waals surface area contributed by atoms with Crippen molar-refractivity contribution in [3.05, 3.63) is 83.4 Å². The number of nitrogens with one attached hydrogen (secondary N) is 2. The highest BCUT2D eigenvalue weighted by atomic mass is 16.4. The van der Waals surface area contributed by atoms with Crippen molar-refractivity contribution in [3.63, 3.8) is 0 Å². The Morgan fingerprint density at radius 2 is 1.60 bits per heavy atom. The van der Waals surface area contributed by atoms with Crippen LogP contribution in [0.3, 0.4) is 0 Å². The number of fused-ring (bicyclic) bond motifs is 1. The van der Waals surface area contributed by atoms with Gasteiger partial charge in [0.15, 0.2) is 0 Å². The molecule has 0 saturated heterocycles. The number of hydrogen-bond acceptors (Lipinski definition) is 4. The molecule has 8 heteroatoms. The number of benzene rings is 3. The minimum absolute atomic E-state index is 0.0647. The molecule has 0 aliphatic heterocycles. The Labute approximate surface area is 202 Å². The van der Waals surface area contributed by atoms with Crippen molar-refractivity contribution < 1.29 is 19.5 Å². The van der Waals surface area contributed by atoms with E-state index in [1.54, 1.807) is 41.0 Å². The van der Waals surface area contributed by atoms with Gasteiger partial charge in [-0.15, -0.1) is 0 Å². The van der Waals surface area contributed by atoms with E-state index in [2.05, 4.69) is 15.6 Å². The second-order valence-corrected chi connectivity index (χ2v) is 8.65. The van der Waals surface area contributed by atoms with Crippen LogP contribution < -0.4 is 10.6 Å². The third kappa shape index (κ3) is 4.91. The van der Waals surface area contributed by atoms with Crippen LogP contribution in [0.5, 0.6) is 0 Å². The van der Waals surface area contributed by atoms with Gasteiger partial charge in [0.25, 0.3) is 11.8 Å². The average molecular weight is 471 g/mol. The third-order valence-corrected chi connectivity index (χ3v) is 5.66. The van der Waals surface area contributed by atoms with Crippen LogP contribution >= 0.6 is 0 Å². The lowest BCUT2D eigenvalue weighted by Crippen LogP contribution is -2.27. The molecule has 35 heavy (non-hydrogen) atoms. The van der Waals surface area contributed by atoms with Crippen molar-refractivity contribution in [1.29, 1.82) is 0 Å². The zero-order chi connectivity index (χ0) is 25.1. The number of aromatic carboxylic acids is 1. The van der Waals surface area contributed by atoms with E-state index >= 15 is 0 Å². The summed E-state index contributed by atoms with van der Waals surface area (Å²) in [6.45, 7) is 4.43. The molecule has 0 radical (unpaired) electrons. The lowest BCUT2D eigenvalue weighted by molar-refractivity contribution is 0.0697. The van der Waals surface area contributed by atoms with Gasteiger partial charge in [-0.25, -0.2) is 9.78 Å². The molecule has 4 aromatic rings. The van der Waals surface area contributed by atoms with Gasteiger partial charge in [-0.2, -0.15) is 0 Å². The van der Waals surface area contributed by atoms with E-state index in [0.717, 1.165) is 11.0 Å². The van der Waals surface area contributed by atoms with Crippen LogP contribution in [-0.4, -0.2) is 39.0 Å². The van der Waals surface area contributed by atoms with E-state index in [4.69, 9.17) is 0 Å². The molecule has 0 fully saturated rings. The Hall–Kier alpha value is -4.46. The normalized spacial score (nSPS) is 11.0. The summed E-state index contributed by atoms with van der Waals surface area (Å²) in [5, 5.41) is 15.5. The number of nitrogens with zero attached hydrogens (tertiary/aromatic N) is 2. The zero-order valence-corrected chi connectivity index (χ0v) is 19.7. The van der Waals surface area contributed by atoms with E-state index < -0.39 is 11.9 Å². The monoisotopic (exact) mass is 470 g/mol. The maximum Gasteiger partial charge on any atom is 0.336 e. The summed E-state index contributed by atoms with van der Waals surface area (Å²) in [4.78, 5) is 42.3. The first kappa shape index (κ1) is 23.7. The van der Waals surface area contributed by atoms with Crippen molar-refractivity contribution in [1.82, 2.24) is 14.9 Å². The molecule has 1 aromatic heterocycles. The Balaban J connectivity index is 1.70. The molecule has 0 unspecified atom stereocenters. The SMILES string of the molecule is CC(C)CNC(=O)c1ccc(-c2ccccc2C(=O)Nc2nc3ccccc3n2C)c(C(=O)O)c1. The lowest BCUT2D eigenvalue weighted by Gasteiger charge is -2.14. The molecular formula is C27H26N4O4. The average Bonchev–Trinajstić information content (AvgIpc) is 3.17. The minimum atomic E-state index is -1.19. The van der Waals surface area contributed by atoms with Crippen LogP contribution in [0, 0.1) is 5.92 Å². The quantitative estimate of drug-likeness (QED) is 0.366. The number of carbonyl (C=O) groups excluding carboxylic acids is 2. The highest BCUT2D eigenvalue weighted by Crippen LogP contribution is 2.29. The van der Waals surface area contributed by atoms with Gasteiger partial charge in [-0.1, -0.05) is 50.2 Å². The summed E-state index contributed by atoms with van der Waals surface area (Å²) in [5.74, 6) is -1.32. The molecule has 8 nitrogen and oxygen atoms in total. The van der Waals surface area contributed by atoms with Gasteiger partial charge < -0.3 is 15.0 Å². The Morgan fingerprint density at radius 3 is 2.31 bits per heavy atom. The molecular weight excluding hydrogens is 444 g/mol. The van der Waals surface area contributed by atoms with Crippen molar-refractivity contribution in [2.45, 2.75) is 13.8 Å². The highest BCUT2D eigenvalue weighted by Gasteiger charge is 2.21. The molecule has 0 spiro atoms. The number of para-hydroxylation sites is 2. The van der Waals surface area contributed by atoms with E-state index in [9.17, 15) is 19.5 Å². The van der Waals surface area contributed by atoms with Crippen LogP contribution in [0.2, 0.25) is 0 Å². The zero-order valence-electron chi connectivity index (χ0n) is 19.7. The van der Waals surface area contributed by atoms with Gasteiger partial charge >= 0.3 is 5.97 Å². The molecule has 0 aliphatic rings. The fourth-order valence-corrected chi connectivity index (χ4v) is 3.84. The smallest absolute Gasteiger partial charge is 0.336 e. The summed E-state index contributed by atoms with van der Waals surface area (Å²) in [7, 11) is 1.81. The summed E-state index contributed by atoms with van der Waals surface area (Å²) in [6, 6.07) is 18.8. The Morgan fingerprint density at radius 1 is 0.914 bits per heavy atom. The Bertz CT molecular complexity index is 1440. The number of rotatable bonds is 7. The summed E-state index contributed by atoms with van der Waals surface area (Å²) in [5.41, 5.74) is 2.87. The molecule has 1 heterocycles. The van der Waals surface area contributed by atoms with Crippen LogP contribution in [0.4, 0.5) is 5.95 Å². The maximum atomic E-state index is 13.3. The first-order chi connectivity index (χ1) is 16.8. The maximum absolute atomic E-state index is 13.3. The number of aromatic nitrogens is 2.